The molecule has 0 rings (SSSR count). The van der Waals surface area contributed by atoms with Crippen molar-refractivity contribution in [2.24, 2.45) is 0 Å². The number of ether oxygens (including phenoxy) is 4. The number of hydrogen-bond donors (Lipinski definition) is 0. The summed E-state index contributed by atoms with van der Waals surface area (Å²) >= 11 is 0. The molecule has 0 fully saturated rings. The fourth-order valence-electron chi connectivity index (χ4n) is 9.19. The van der Waals surface area contributed by atoms with Gasteiger partial charge in [-0.05, 0) is 12.8 Å². The summed E-state index contributed by atoms with van der Waals surface area (Å²) in [4.78, 5) is 36.9. The molecular formula is C60H117NO8. The zero-order valence-corrected chi connectivity index (χ0v) is 46.7. The van der Waals surface area contributed by atoms with Crippen LogP contribution in [0, 0.1) is 0 Å². The highest BCUT2D eigenvalue weighted by atomic mass is 16.7. The van der Waals surface area contributed by atoms with Gasteiger partial charge < -0.3 is 33.3 Å². The van der Waals surface area contributed by atoms with E-state index in [2.05, 4.69) is 13.8 Å². The first-order valence-corrected chi connectivity index (χ1v) is 30.2. The smallest absolute Gasteiger partial charge is 0.306 e. The van der Waals surface area contributed by atoms with E-state index in [1.54, 1.807) is 0 Å². The van der Waals surface area contributed by atoms with Crippen molar-refractivity contribution in [1.29, 1.82) is 0 Å². The molecule has 0 aromatic heterocycles. The predicted molar refractivity (Wildman–Crippen MR) is 288 cm³/mol. The highest BCUT2D eigenvalue weighted by Gasteiger charge is 2.22. The van der Waals surface area contributed by atoms with Gasteiger partial charge in [-0.3, -0.25) is 9.59 Å². The Morgan fingerprint density at radius 2 is 0.652 bits per heavy atom. The number of carbonyl (C=O) groups is 3. The molecule has 0 aromatic carbocycles. The second-order valence-electron chi connectivity index (χ2n) is 22.0. The van der Waals surface area contributed by atoms with Crippen molar-refractivity contribution in [3.8, 4) is 0 Å². The molecule has 9 nitrogen and oxygen atoms in total. The first kappa shape index (κ1) is 67.3. The van der Waals surface area contributed by atoms with Crippen molar-refractivity contribution in [3.63, 3.8) is 0 Å². The van der Waals surface area contributed by atoms with E-state index in [1.807, 2.05) is 21.1 Å². The topological polar surface area (TPSA) is 111 Å². The summed E-state index contributed by atoms with van der Waals surface area (Å²) in [7, 11) is 5.92. The number of carboxylic acid groups (broad SMARTS) is 1. The maximum absolute atomic E-state index is 12.8. The highest BCUT2D eigenvalue weighted by Crippen LogP contribution is 2.18. The van der Waals surface area contributed by atoms with Crippen LogP contribution in [0.2, 0.25) is 0 Å². The lowest BCUT2D eigenvalue weighted by Crippen LogP contribution is -2.44. The third-order valence-corrected chi connectivity index (χ3v) is 13.9. The number of quaternary nitrogens is 1. The van der Waals surface area contributed by atoms with Crippen LogP contribution < -0.4 is 5.11 Å². The molecule has 0 heterocycles. The Balaban J connectivity index is 3.80. The van der Waals surface area contributed by atoms with E-state index in [-0.39, 0.29) is 32.2 Å². The number of nitrogens with zero attached hydrogens (tertiary/aromatic N) is 1. The number of esters is 2. The fourth-order valence-corrected chi connectivity index (χ4v) is 9.19. The summed E-state index contributed by atoms with van der Waals surface area (Å²) in [6.07, 6.45) is 56.6. The minimum atomic E-state index is -1.61. The maximum atomic E-state index is 12.8. The van der Waals surface area contributed by atoms with Gasteiger partial charge in [0.25, 0.3) is 0 Å². The molecule has 0 saturated carbocycles. The summed E-state index contributed by atoms with van der Waals surface area (Å²) in [6.45, 7) is 4.74. The van der Waals surface area contributed by atoms with Crippen LogP contribution in [0.5, 0.6) is 0 Å². The molecule has 9 heteroatoms. The molecule has 0 amide bonds. The lowest BCUT2D eigenvalue weighted by atomic mass is 10.0. The first-order chi connectivity index (χ1) is 33.6. The number of aliphatic carboxylic acids is 1. The van der Waals surface area contributed by atoms with E-state index in [0.717, 1.165) is 38.5 Å². The monoisotopic (exact) mass is 980 g/mol. The summed E-state index contributed by atoms with van der Waals surface area (Å²) < 4.78 is 22.6. The van der Waals surface area contributed by atoms with Gasteiger partial charge >= 0.3 is 11.9 Å². The highest BCUT2D eigenvalue weighted by molar-refractivity contribution is 5.70. The Bertz CT molecular complexity index is 1100. The minimum absolute atomic E-state index is 0.153. The minimum Gasteiger partial charge on any atom is -0.545 e. The lowest BCUT2D eigenvalue weighted by Gasteiger charge is -2.26. The summed E-state index contributed by atoms with van der Waals surface area (Å²) in [5.41, 5.74) is 0. The first-order valence-electron chi connectivity index (χ1n) is 30.2. The van der Waals surface area contributed by atoms with Gasteiger partial charge in [-0.15, -0.1) is 0 Å². The fraction of sp³-hybridized carbons (Fsp3) is 0.950. The third kappa shape index (κ3) is 53.9. The van der Waals surface area contributed by atoms with Gasteiger partial charge in [0.15, 0.2) is 12.4 Å². The molecule has 0 aromatic rings. The van der Waals surface area contributed by atoms with E-state index in [4.69, 9.17) is 18.9 Å². The van der Waals surface area contributed by atoms with Crippen LogP contribution in [0.15, 0.2) is 0 Å². The molecule has 0 aliphatic rings. The molecule has 2 atom stereocenters. The number of likely N-dealkylation sites (N-methyl/N-ethyl adjacent to an activating group) is 1. The number of rotatable bonds is 57. The predicted octanol–water partition coefficient (Wildman–Crippen LogP) is 16.2. The van der Waals surface area contributed by atoms with Crippen molar-refractivity contribution in [1.82, 2.24) is 0 Å². The van der Waals surface area contributed by atoms with Crippen molar-refractivity contribution < 1.29 is 42.9 Å². The van der Waals surface area contributed by atoms with Crippen LogP contribution in [0.1, 0.15) is 309 Å². The van der Waals surface area contributed by atoms with Gasteiger partial charge in [0.05, 0.1) is 40.3 Å². The Hall–Kier alpha value is -1.71. The van der Waals surface area contributed by atoms with E-state index in [9.17, 15) is 19.5 Å². The Morgan fingerprint density at radius 1 is 0.377 bits per heavy atom. The quantitative estimate of drug-likeness (QED) is 0.0256. The second-order valence-corrected chi connectivity index (χ2v) is 22.0. The average Bonchev–Trinajstić information content (AvgIpc) is 3.31. The zero-order chi connectivity index (χ0) is 50.6. The van der Waals surface area contributed by atoms with Gasteiger partial charge in [-0.2, -0.15) is 0 Å². The third-order valence-electron chi connectivity index (χ3n) is 13.9. The van der Waals surface area contributed by atoms with Gasteiger partial charge in [-0.1, -0.05) is 284 Å². The van der Waals surface area contributed by atoms with Gasteiger partial charge in [-0.25, -0.2) is 0 Å². The molecule has 2 unspecified atom stereocenters. The normalized spacial score (nSPS) is 12.7. The molecule has 0 saturated heterocycles. The summed E-state index contributed by atoms with van der Waals surface area (Å²) in [5.74, 6) is -2.27. The standard InChI is InChI=1S/C60H117NO8/c1-6-8-10-12-14-15-16-17-18-19-20-21-22-23-24-25-26-27-28-29-30-31-32-33-34-35-36-37-38-39-40-41-42-43-45-47-49-51-58(63)69-56(54-67-57(62)50-48-46-44-13-11-9-7-2)55-68-60(59(64)65)66-53-52-61(3,4)5/h56,60H,6-55H2,1-5H3. The van der Waals surface area contributed by atoms with Crippen LogP contribution in [0.25, 0.3) is 0 Å². The molecule has 0 aliphatic heterocycles. The molecule has 0 spiro atoms. The van der Waals surface area contributed by atoms with Crippen molar-refractivity contribution in [3.05, 3.63) is 0 Å². The van der Waals surface area contributed by atoms with Crippen molar-refractivity contribution in [2.45, 2.75) is 322 Å². The molecule has 410 valence electrons. The molecule has 0 aliphatic carbocycles. The molecule has 0 radical (unpaired) electrons. The van der Waals surface area contributed by atoms with Crippen LogP contribution >= 0.6 is 0 Å². The summed E-state index contributed by atoms with van der Waals surface area (Å²) in [5, 5.41) is 11.7. The van der Waals surface area contributed by atoms with E-state index in [0.29, 0.717) is 17.4 Å². The van der Waals surface area contributed by atoms with Crippen LogP contribution in [-0.4, -0.2) is 82.3 Å². The summed E-state index contributed by atoms with van der Waals surface area (Å²) in [6, 6.07) is 0. The Morgan fingerprint density at radius 3 is 0.928 bits per heavy atom. The van der Waals surface area contributed by atoms with Crippen LogP contribution in [0.4, 0.5) is 0 Å². The van der Waals surface area contributed by atoms with E-state index in [1.165, 1.54) is 244 Å². The molecule has 0 bridgehead atoms. The second kappa shape index (κ2) is 52.6. The number of carboxylic acids is 1. The van der Waals surface area contributed by atoms with Gasteiger partial charge in [0.2, 0.25) is 0 Å². The largest absolute Gasteiger partial charge is 0.545 e. The van der Waals surface area contributed by atoms with E-state index >= 15 is 0 Å². The number of unbranched alkanes of at least 4 members (excludes halogenated alkanes) is 42. The Labute approximate surface area is 428 Å². The average molecular weight is 981 g/mol. The number of carbonyl (C=O) groups excluding carboxylic acids is 3. The SMILES string of the molecule is CCCCCCCCCCCCCCCCCCCCCCCCCCCCCCCCCCCCCCCC(=O)OC(COC(=O)CCCCCCCCC)COC(OCC[N+](C)(C)C)C(=O)[O-]. The molecule has 69 heavy (non-hydrogen) atoms. The van der Waals surface area contributed by atoms with E-state index < -0.39 is 24.3 Å². The molecular weight excluding hydrogens is 863 g/mol. The Kier molecular flexibility index (Phi) is 51.3. The lowest BCUT2D eigenvalue weighted by molar-refractivity contribution is -0.870. The zero-order valence-electron chi connectivity index (χ0n) is 46.7. The van der Waals surface area contributed by atoms with Crippen LogP contribution in [0.3, 0.4) is 0 Å². The van der Waals surface area contributed by atoms with Crippen molar-refractivity contribution >= 4 is 17.9 Å². The molecule has 0 N–H and O–H groups in total. The van der Waals surface area contributed by atoms with Gasteiger partial charge in [0.1, 0.15) is 13.2 Å². The number of hydrogen-bond acceptors (Lipinski definition) is 8. The van der Waals surface area contributed by atoms with Crippen molar-refractivity contribution in [2.75, 3.05) is 47.5 Å². The van der Waals surface area contributed by atoms with Crippen LogP contribution in [-0.2, 0) is 33.3 Å². The van der Waals surface area contributed by atoms with Gasteiger partial charge in [0, 0.05) is 12.8 Å². The maximum Gasteiger partial charge on any atom is 0.306 e.